The standard InChI is InChI=1S/C15H22N4O3/c1-15(2,3)22-14(21)19-8-6-18(7-9-19)12-10-11(13(16)20)4-5-17-12/h4-5,10H,6-9H2,1-3H3,(H2,16,20). The minimum atomic E-state index is -0.494. The van der Waals surface area contributed by atoms with Gasteiger partial charge in [-0.25, -0.2) is 9.78 Å². The van der Waals surface area contributed by atoms with E-state index in [1.807, 2.05) is 25.7 Å². The van der Waals surface area contributed by atoms with E-state index >= 15 is 0 Å². The van der Waals surface area contributed by atoms with Crippen LogP contribution in [0.4, 0.5) is 10.6 Å². The lowest BCUT2D eigenvalue weighted by Gasteiger charge is -2.36. The first-order valence-corrected chi connectivity index (χ1v) is 7.25. The Morgan fingerprint density at radius 3 is 2.41 bits per heavy atom. The molecule has 22 heavy (non-hydrogen) atoms. The highest BCUT2D eigenvalue weighted by atomic mass is 16.6. The summed E-state index contributed by atoms with van der Waals surface area (Å²) < 4.78 is 5.36. The number of piperazine rings is 1. The van der Waals surface area contributed by atoms with Gasteiger partial charge in [0.15, 0.2) is 0 Å². The summed E-state index contributed by atoms with van der Waals surface area (Å²) in [6, 6.07) is 3.26. The normalized spacial score (nSPS) is 15.6. The van der Waals surface area contributed by atoms with Crippen molar-refractivity contribution in [1.29, 1.82) is 0 Å². The summed E-state index contributed by atoms with van der Waals surface area (Å²) in [5.41, 5.74) is 5.21. The molecule has 1 saturated heterocycles. The van der Waals surface area contributed by atoms with Gasteiger partial charge in [-0.1, -0.05) is 0 Å². The third kappa shape index (κ3) is 4.09. The average molecular weight is 306 g/mol. The molecule has 1 fully saturated rings. The maximum absolute atomic E-state index is 12.0. The number of nitrogens with zero attached hydrogens (tertiary/aromatic N) is 3. The van der Waals surface area contributed by atoms with Crippen molar-refractivity contribution in [3.05, 3.63) is 23.9 Å². The number of nitrogens with two attached hydrogens (primary N) is 1. The predicted molar refractivity (Wildman–Crippen MR) is 82.8 cm³/mol. The molecule has 1 aromatic rings. The van der Waals surface area contributed by atoms with Crippen molar-refractivity contribution in [2.45, 2.75) is 26.4 Å². The van der Waals surface area contributed by atoms with Gasteiger partial charge in [-0.2, -0.15) is 0 Å². The molecular formula is C15H22N4O3. The predicted octanol–water partition coefficient (Wildman–Crippen LogP) is 1.24. The number of aromatic nitrogens is 1. The zero-order chi connectivity index (χ0) is 16.3. The third-order valence-corrected chi connectivity index (χ3v) is 3.29. The zero-order valence-electron chi connectivity index (χ0n) is 13.2. The van der Waals surface area contributed by atoms with Crippen molar-refractivity contribution in [2.75, 3.05) is 31.1 Å². The molecule has 0 aromatic carbocycles. The summed E-state index contributed by atoms with van der Waals surface area (Å²) in [4.78, 5) is 31.2. The fourth-order valence-corrected chi connectivity index (χ4v) is 2.19. The minimum Gasteiger partial charge on any atom is -0.444 e. The lowest BCUT2D eigenvalue weighted by atomic mass is 10.2. The van der Waals surface area contributed by atoms with E-state index in [4.69, 9.17) is 10.5 Å². The first-order valence-electron chi connectivity index (χ1n) is 7.25. The van der Waals surface area contributed by atoms with Crippen LogP contribution in [0.5, 0.6) is 0 Å². The molecule has 1 aliphatic rings. The minimum absolute atomic E-state index is 0.300. The first kappa shape index (κ1) is 16.1. The Labute approximate surface area is 130 Å². The second-order valence-corrected chi connectivity index (χ2v) is 6.22. The van der Waals surface area contributed by atoms with E-state index in [1.54, 1.807) is 23.2 Å². The van der Waals surface area contributed by atoms with Gasteiger partial charge < -0.3 is 20.3 Å². The van der Waals surface area contributed by atoms with E-state index in [-0.39, 0.29) is 6.09 Å². The fraction of sp³-hybridized carbons (Fsp3) is 0.533. The molecule has 2 heterocycles. The number of anilines is 1. The van der Waals surface area contributed by atoms with E-state index in [0.717, 1.165) is 0 Å². The molecule has 0 unspecified atom stereocenters. The van der Waals surface area contributed by atoms with Crippen molar-refractivity contribution in [1.82, 2.24) is 9.88 Å². The van der Waals surface area contributed by atoms with Crippen molar-refractivity contribution < 1.29 is 14.3 Å². The SMILES string of the molecule is CC(C)(C)OC(=O)N1CCN(c2cc(C(N)=O)ccn2)CC1. The Bertz CT molecular complexity index is 560. The molecule has 0 atom stereocenters. The topological polar surface area (TPSA) is 88.8 Å². The van der Waals surface area contributed by atoms with E-state index in [2.05, 4.69) is 4.98 Å². The van der Waals surface area contributed by atoms with Crippen LogP contribution in [0.3, 0.4) is 0 Å². The Morgan fingerprint density at radius 1 is 1.23 bits per heavy atom. The van der Waals surface area contributed by atoms with Gasteiger partial charge in [-0.3, -0.25) is 4.79 Å². The largest absolute Gasteiger partial charge is 0.444 e. The molecule has 0 saturated carbocycles. The summed E-state index contributed by atoms with van der Waals surface area (Å²) in [5.74, 6) is 0.219. The van der Waals surface area contributed by atoms with E-state index < -0.39 is 11.5 Å². The third-order valence-electron chi connectivity index (χ3n) is 3.29. The molecule has 1 aliphatic heterocycles. The number of pyridine rings is 1. The van der Waals surface area contributed by atoms with E-state index in [9.17, 15) is 9.59 Å². The second-order valence-electron chi connectivity index (χ2n) is 6.22. The first-order chi connectivity index (χ1) is 10.3. The Kier molecular flexibility index (Phi) is 4.54. The number of hydrogen-bond acceptors (Lipinski definition) is 5. The van der Waals surface area contributed by atoms with Gasteiger partial charge in [0.1, 0.15) is 11.4 Å². The molecule has 0 radical (unpaired) electrons. The Hall–Kier alpha value is -2.31. The van der Waals surface area contributed by atoms with E-state index in [1.165, 1.54) is 0 Å². The van der Waals surface area contributed by atoms with Crippen LogP contribution in [-0.4, -0.2) is 53.7 Å². The maximum Gasteiger partial charge on any atom is 0.410 e. The summed E-state index contributed by atoms with van der Waals surface area (Å²) in [6.45, 7) is 7.92. The highest BCUT2D eigenvalue weighted by molar-refractivity contribution is 5.93. The molecule has 1 aromatic heterocycles. The molecule has 0 bridgehead atoms. The highest BCUT2D eigenvalue weighted by Crippen LogP contribution is 2.17. The summed E-state index contributed by atoms with van der Waals surface area (Å²) in [6.07, 6.45) is 1.27. The van der Waals surface area contributed by atoms with Crippen LogP contribution in [-0.2, 0) is 4.74 Å². The van der Waals surface area contributed by atoms with Gasteiger partial charge in [0.2, 0.25) is 5.91 Å². The van der Waals surface area contributed by atoms with Crippen LogP contribution in [0.25, 0.3) is 0 Å². The summed E-state index contributed by atoms with van der Waals surface area (Å²) >= 11 is 0. The molecule has 120 valence electrons. The molecule has 7 heteroatoms. The lowest BCUT2D eigenvalue weighted by Crippen LogP contribution is -2.50. The van der Waals surface area contributed by atoms with Gasteiger partial charge in [0.05, 0.1) is 0 Å². The van der Waals surface area contributed by atoms with Gasteiger partial charge in [0, 0.05) is 37.9 Å². The molecule has 7 nitrogen and oxygen atoms in total. The number of rotatable bonds is 2. The number of carbonyl (C=O) groups is 2. The molecule has 2 N–H and O–H groups in total. The Morgan fingerprint density at radius 2 is 1.86 bits per heavy atom. The van der Waals surface area contributed by atoms with Crippen molar-refractivity contribution in [2.24, 2.45) is 5.73 Å². The fourth-order valence-electron chi connectivity index (χ4n) is 2.19. The number of amides is 2. The van der Waals surface area contributed by atoms with Gasteiger partial charge in [-0.05, 0) is 32.9 Å². The van der Waals surface area contributed by atoms with Gasteiger partial charge in [0.25, 0.3) is 0 Å². The summed E-state index contributed by atoms with van der Waals surface area (Å²) in [5, 5.41) is 0. The maximum atomic E-state index is 12.0. The molecular weight excluding hydrogens is 284 g/mol. The quantitative estimate of drug-likeness (QED) is 0.888. The monoisotopic (exact) mass is 306 g/mol. The summed E-state index contributed by atoms with van der Waals surface area (Å²) in [7, 11) is 0. The van der Waals surface area contributed by atoms with Crippen LogP contribution in [0.15, 0.2) is 18.3 Å². The number of carbonyl (C=O) groups excluding carboxylic acids is 2. The number of ether oxygens (including phenoxy) is 1. The van der Waals surface area contributed by atoms with Gasteiger partial charge in [-0.15, -0.1) is 0 Å². The molecule has 0 aliphatic carbocycles. The van der Waals surface area contributed by atoms with Crippen LogP contribution in [0, 0.1) is 0 Å². The molecule has 0 spiro atoms. The highest BCUT2D eigenvalue weighted by Gasteiger charge is 2.26. The van der Waals surface area contributed by atoms with Gasteiger partial charge >= 0.3 is 6.09 Å². The number of hydrogen-bond donors (Lipinski definition) is 1. The zero-order valence-corrected chi connectivity index (χ0v) is 13.2. The second kappa shape index (κ2) is 6.21. The van der Waals surface area contributed by atoms with Crippen LogP contribution in [0.2, 0.25) is 0 Å². The van der Waals surface area contributed by atoms with Crippen molar-refractivity contribution >= 4 is 17.8 Å². The lowest BCUT2D eigenvalue weighted by molar-refractivity contribution is 0.0240. The van der Waals surface area contributed by atoms with E-state index in [0.29, 0.717) is 37.6 Å². The smallest absolute Gasteiger partial charge is 0.410 e. The number of primary amides is 1. The van der Waals surface area contributed by atoms with Crippen molar-refractivity contribution in [3.8, 4) is 0 Å². The molecule has 2 rings (SSSR count). The van der Waals surface area contributed by atoms with Crippen LogP contribution < -0.4 is 10.6 Å². The van der Waals surface area contributed by atoms with Crippen LogP contribution >= 0.6 is 0 Å². The van der Waals surface area contributed by atoms with Crippen molar-refractivity contribution in [3.63, 3.8) is 0 Å². The Balaban J connectivity index is 1.96. The van der Waals surface area contributed by atoms with Crippen LogP contribution in [0.1, 0.15) is 31.1 Å². The molecule has 2 amide bonds. The average Bonchev–Trinajstić information content (AvgIpc) is 2.46.